The van der Waals surface area contributed by atoms with Gasteiger partial charge in [-0.25, -0.2) is 0 Å². The van der Waals surface area contributed by atoms with Crippen molar-refractivity contribution in [1.82, 2.24) is 4.57 Å². The second-order valence-electron chi connectivity index (χ2n) is 7.93. The molecule has 1 aromatic carbocycles. The molecule has 2 nitrogen and oxygen atoms in total. The molecule has 2 heteroatoms. The van der Waals surface area contributed by atoms with Crippen molar-refractivity contribution in [3.8, 4) is 5.69 Å². The van der Waals surface area contributed by atoms with Crippen molar-refractivity contribution in [3.05, 3.63) is 63.6 Å². The molecule has 0 radical (unpaired) electrons. The van der Waals surface area contributed by atoms with Crippen LogP contribution in [0.1, 0.15) is 86.6 Å². The van der Waals surface area contributed by atoms with E-state index in [2.05, 4.69) is 34.9 Å². The summed E-state index contributed by atoms with van der Waals surface area (Å²) in [4.78, 5) is 12.8. The molecule has 2 aliphatic carbocycles. The molecule has 0 aliphatic heterocycles. The first-order chi connectivity index (χ1) is 12.3. The molecular weight excluding hydrogens is 306 g/mol. The number of rotatable bonds is 3. The number of nitrogens with zero attached hydrogens (tertiary/aromatic N) is 1. The average molecular weight is 335 g/mol. The van der Waals surface area contributed by atoms with E-state index in [4.69, 9.17) is 0 Å². The minimum absolute atomic E-state index is 0.245. The topological polar surface area (TPSA) is 22.0 Å². The van der Waals surface area contributed by atoms with Crippen LogP contribution in [0.3, 0.4) is 0 Å². The summed E-state index contributed by atoms with van der Waals surface area (Å²) in [6.07, 6.45) is 11.4. The van der Waals surface area contributed by atoms with E-state index in [-0.39, 0.29) is 5.43 Å². The molecule has 0 atom stereocenters. The molecular formula is C23H29NO. The summed E-state index contributed by atoms with van der Waals surface area (Å²) in [5, 5.41) is 0. The van der Waals surface area contributed by atoms with E-state index in [0.717, 1.165) is 5.56 Å². The van der Waals surface area contributed by atoms with E-state index in [1.54, 1.807) is 0 Å². The Hall–Kier alpha value is -1.83. The highest BCUT2D eigenvalue weighted by atomic mass is 16.1. The zero-order valence-electron chi connectivity index (χ0n) is 15.3. The minimum atomic E-state index is 0.245. The van der Waals surface area contributed by atoms with Crippen molar-refractivity contribution in [2.24, 2.45) is 0 Å². The Morgan fingerprint density at radius 1 is 0.840 bits per heavy atom. The van der Waals surface area contributed by atoms with Gasteiger partial charge in [0.1, 0.15) is 0 Å². The summed E-state index contributed by atoms with van der Waals surface area (Å²) < 4.78 is 2.47. The van der Waals surface area contributed by atoms with Gasteiger partial charge < -0.3 is 4.57 Å². The summed E-state index contributed by atoms with van der Waals surface area (Å²) in [6, 6.07) is 12.7. The van der Waals surface area contributed by atoms with Crippen LogP contribution in [-0.4, -0.2) is 4.57 Å². The summed E-state index contributed by atoms with van der Waals surface area (Å²) in [5.74, 6) is 1.07. The third-order valence-electron chi connectivity index (χ3n) is 6.31. The Bertz CT molecular complexity index is 778. The average Bonchev–Trinajstić information content (AvgIpc) is 3.19. The monoisotopic (exact) mass is 335 g/mol. The molecule has 2 saturated carbocycles. The fourth-order valence-corrected chi connectivity index (χ4v) is 4.99. The maximum atomic E-state index is 12.8. The standard InChI is InChI=1S/C23H29NO/c1-17-22(25)16-21(18-10-8-9-11-18)24(20-14-6-3-7-15-20)23(17)19-12-4-2-5-13-19/h3,6-7,14-16,18-19H,2,4-5,8-13H2,1H3. The maximum Gasteiger partial charge on any atom is 0.185 e. The third kappa shape index (κ3) is 3.19. The Morgan fingerprint density at radius 2 is 1.44 bits per heavy atom. The second-order valence-corrected chi connectivity index (χ2v) is 7.93. The number of pyridine rings is 1. The molecule has 2 fully saturated rings. The largest absolute Gasteiger partial charge is 0.317 e. The fourth-order valence-electron chi connectivity index (χ4n) is 4.99. The lowest BCUT2D eigenvalue weighted by Gasteiger charge is -2.30. The fraction of sp³-hybridized carbons (Fsp3) is 0.522. The van der Waals surface area contributed by atoms with Crippen LogP contribution in [0.25, 0.3) is 5.69 Å². The maximum absolute atomic E-state index is 12.8. The molecule has 25 heavy (non-hydrogen) atoms. The van der Waals surface area contributed by atoms with Gasteiger partial charge in [0.25, 0.3) is 0 Å². The van der Waals surface area contributed by atoms with E-state index in [1.807, 2.05) is 13.0 Å². The molecule has 0 N–H and O–H groups in total. The smallest absolute Gasteiger partial charge is 0.185 e. The molecule has 0 amide bonds. The van der Waals surface area contributed by atoms with Crippen LogP contribution >= 0.6 is 0 Å². The van der Waals surface area contributed by atoms with E-state index in [9.17, 15) is 4.79 Å². The highest BCUT2D eigenvalue weighted by molar-refractivity contribution is 5.42. The van der Waals surface area contributed by atoms with Gasteiger partial charge in [0.05, 0.1) is 0 Å². The lowest BCUT2D eigenvalue weighted by molar-refractivity contribution is 0.426. The molecule has 1 heterocycles. The van der Waals surface area contributed by atoms with E-state index >= 15 is 0 Å². The van der Waals surface area contributed by atoms with Gasteiger partial charge in [-0.05, 0) is 56.6 Å². The van der Waals surface area contributed by atoms with Gasteiger partial charge in [0.2, 0.25) is 0 Å². The van der Waals surface area contributed by atoms with Gasteiger partial charge in [-0.1, -0.05) is 50.3 Å². The van der Waals surface area contributed by atoms with Gasteiger partial charge in [0, 0.05) is 28.7 Å². The highest BCUT2D eigenvalue weighted by Crippen LogP contribution is 2.39. The summed E-state index contributed by atoms with van der Waals surface area (Å²) >= 11 is 0. The van der Waals surface area contributed by atoms with Crippen LogP contribution < -0.4 is 5.43 Å². The highest BCUT2D eigenvalue weighted by Gasteiger charge is 2.27. The van der Waals surface area contributed by atoms with Gasteiger partial charge in [-0.15, -0.1) is 0 Å². The first-order valence-electron chi connectivity index (χ1n) is 10.1. The number of aromatic nitrogens is 1. The van der Waals surface area contributed by atoms with Crippen LogP contribution in [0.4, 0.5) is 0 Å². The van der Waals surface area contributed by atoms with Crippen LogP contribution in [-0.2, 0) is 0 Å². The molecule has 2 aromatic rings. The summed E-state index contributed by atoms with van der Waals surface area (Å²) in [7, 11) is 0. The summed E-state index contributed by atoms with van der Waals surface area (Å²) in [6.45, 7) is 2.05. The van der Waals surface area contributed by atoms with Gasteiger partial charge in [-0.3, -0.25) is 4.79 Å². The third-order valence-corrected chi connectivity index (χ3v) is 6.31. The molecule has 0 spiro atoms. The van der Waals surface area contributed by atoms with Crippen molar-refractivity contribution in [3.63, 3.8) is 0 Å². The van der Waals surface area contributed by atoms with E-state index in [1.165, 1.54) is 74.9 Å². The number of para-hydroxylation sites is 1. The molecule has 132 valence electrons. The van der Waals surface area contributed by atoms with Crippen molar-refractivity contribution in [2.45, 2.75) is 76.5 Å². The van der Waals surface area contributed by atoms with Crippen LogP contribution in [0.15, 0.2) is 41.2 Å². The van der Waals surface area contributed by atoms with Crippen molar-refractivity contribution >= 4 is 0 Å². The lowest BCUT2D eigenvalue weighted by atomic mass is 9.84. The van der Waals surface area contributed by atoms with Crippen molar-refractivity contribution in [2.75, 3.05) is 0 Å². The molecule has 2 aliphatic rings. The SMILES string of the molecule is Cc1c(C2CCCCC2)n(-c2ccccc2)c(C2CCCC2)cc1=O. The van der Waals surface area contributed by atoms with E-state index in [0.29, 0.717) is 11.8 Å². The molecule has 0 unspecified atom stereocenters. The summed E-state index contributed by atoms with van der Waals surface area (Å²) in [5.41, 5.74) is 5.01. The first-order valence-corrected chi connectivity index (χ1v) is 10.1. The minimum Gasteiger partial charge on any atom is -0.317 e. The van der Waals surface area contributed by atoms with Crippen LogP contribution in [0.5, 0.6) is 0 Å². The van der Waals surface area contributed by atoms with E-state index < -0.39 is 0 Å². The number of hydrogen-bond donors (Lipinski definition) is 0. The van der Waals surface area contributed by atoms with Gasteiger partial charge in [0.15, 0.2) is 5.43 Å². The van der Waals surface area contributed by atoms with Gasteiger partial charge >= 0.3 is 0 Å². The Kier molecular flexibility index (Phi) is 4.78. The molecule has 0 saturated heterocycles. The first kappa shape index (κ1) is 16.6. The van der Waals surface area contributed by atoms with Gasteiger partial charge in [-0.2, -0.15) is 0 Å². The Balaban J connectivity index is 1.95. The predicted molar refractivity (Wildman–Crippen MR) is 104 cm³/mol. The Morgan fingerprint density at radius 3 is 2.12 bits per heavy atom. The van der Waals surface area contributed by atoms with Crippen LogP contribution in [0.2, 0.25) is 0 Å². The second kappa shape index (κ2) is 7.19. The quantitative estimate of drug-likeness (QED) is 0.689. The van der Waals surface area contributed by atoms with Crippen molar-refractivity contribution < 1.29 is 0 Å². The normalized spacial score (nSPS) is 19.4. The van der Waals surface area contributed by atoms with Crippen molar-refractivity contribution in [1.29, 1.82) is 0 Å². The molecule has 4 rings (SSSR count). The number of benzene rings is 1. The number of hydrogen-bond acceptors (Lipinski definition) is 1. The zero-order chi connectivity index (χ0) is 17.2. The van der Waals surface area contributed by atoms with Crippen LogP contribution in [0, 0.1) is 6.92 Å². The lowest BCUT2D eigenvalue weighted by Crippen LogP contribution is -2.24. The predicted octanol–water partition coefficient (Wildman–Crippen LogP) is 5.85. The molecule has 0 bridgehead atoms. The Labute approximate surface area is 150 Å². The zero-order valence-corrected chi connectivity index (χ0v) is 15.3. The molecule has 1 aromatic heterocycles.